The predicted octanol–water partition coefficient (Wildman–Crippen LogP) is 3.52. The van der Waals surface area contributed by atoms with Crippen LogP contribution in [0.15, 0.2) is 0 Å². The Balaban J connectivity index is 2.33. The Morgan fingerprint density at radius 1 is 1.06 bits per heavy atom. The van der Waals surface area contributed by atoms with Crippen molar-refractivity contribution >= 4 is 11.8 Å². The van der Waals surface area contributed by atoms with Crippen LogP contribution in [-0.4, -0.2) is 16.9 Å². The number of carbonyl (C=O) groups is 2. The minimum Gasteiger partial charge on any atom is -0.481 e. The van der Waals surface area contributed by atoms with E-state index >= 15 is 0 Å². The monoisotopic (exact) mass is 254 g/mol. The Bertz CT molecular complexity index is 288. The number of ketones is 1. The molecular formula is C15H26O3. The van der Waals surface area contributed by atoms with E-state index < -0.39 is 5.97 Å². The van der Waals surface area contributed by atoms with Crippen LogP contribution in [0.5, 0.6) is 0 Å². The van der Waals surface area contributed by atoms with Gasteiger partial charge >= 0.3 is 5.97 Å². The molecule has 0 aromatic heterocycles. The van der Waals surface area contributed by atoms with Gasteiger partial charge in [0.1, 0.15) is 5.78 Å². The molecule has 0 bridgehead atoms. The number of hydrogen-bond donors (Lipinski definition) is 1. The van der Waals surface area contributed by atoms with E-state index in [1.807, 2.05) is 0 Å². The predicted molar refractivity (Wildman–Crippen MR) is 71.3 cm³/mol. The fourth-order valence-corrected chi connectivity index (χ4v) is 3.00. The smallest absolute Gasteiger partial charge is 0.306 e. The lowest BCUT2D eigenvalue weighted by Crippen LogP contribution is -2.25. The lowest BCUT2D eigenvalue weighted by atomic mass is 9.75. The lowest BCUT2D eigenvalue weighted by Gasteiger charge is -2.30. The zero-order valence-corrected chi connectivity index (χ0v) is 11.8. The van der Waals surface area contributed by atoms with Crippen LogP contribution in [-0.2, 0) is 9.59 Å². The van der Waals surface area contributed by atoms with Crippen molar-refractivity contribution in [2.45, 2.75) is 59.3 Å². The van der Waals surface area contributed by atoms with E-state index in [1.54, 1.807) is 0 Å². The average molecular weight is 254 g/mol. The molecule has 0 amide bonds. The summed E-state index contributed by atoms with van der Waals surface area (Å²) in [7, 11) is 0. The number of Topliss-reactive ketones (excluding diaryl/α,β-unsaturated/α-hetero) is 1. The van der Waals surface area contributed by atoms with Gasteiger partial charge in [0, 0.05) is 12.8 Å². The first-order chi connectivity index (χ1) is 8.40. The summed E-state index contributed by atoms with van der Waals surface area (Å²) in [4.78, 5) is 22.7. The third-order valence-electron chi connectivity index (χ3n) is 4.11. The topological polar surface area (TPSA) is 54.4 Å². The number of carboxylic acid groups (broad SMARTS) is 1. The summed E-state index contributed by atoms with van der Waals surface area (Å²) < 4.78 is 0. The molecule has 0 heterocycles. The first kappa shape index (κ1) is 15.2. The van der Waals surface area contributed by atoms with Gasteiger partial charge < -0.3 is 5.11 Å². The van der Waals surface area contributed by atoms with Crippen molar-refractivity contribution in [2.75, 3.05) is 0 Å². The number of hydrogen-bond acceptors (Lipinski definition) is 2. The molecule has 0 aromatic rings. The molecule has 3 nitrogen and oxygen atoms in total. The number of carboxylic acids is 1. The first-order valence-electron chi connectivity index (χ1n) is 7.14. The van der Waals surface area contributed by atoms with Gasteiger partial charge in [-0.25, -0.2) is 0 Å². The molecule has 1 N–H and O–H groups in total. The van der Waals surface area contributed by atoms with Crippen molar-refractivity contribution in [1.82, 2.24) is 0 Å². The lowest BCUT2D eigenvalue weighted by molar-refractivity contribution is -0.143. The minimum atomic E-state index is -0.656. The van der Waals surface area contributed by atoms with Crippen LogP contribution < -0.4 is 0 Å². The molecule has 3 heteroatoms. The second-order valence-electron chi connectivity index (χ2n) is 6.27. The van der Waals surface area contributed by atoms with Crippen molar-refractivity contribution in [3.05, 3.63) is 0 Å². The SMILES string of the molecule is CC(C)CC(=O)C[C@H](C)C1CCC(C(=O)O)CC1. The van der Waals surface area contributed by atoms with E-state index in [4.69, 9.17) is 5.11 Å². The molecule has 1 rings (SSSR count). The highest BCUT2D eigenvalue weighted by atomic mass is 16.4. The zero-order chi connectivity index (χ0) is 13.7. The molecule has 104 valence electrons. The molecule has 1 aliphatic rings. The molecule has 0 radical (unpaired) electrons. The third-order valence-corrected chi connectivity index (χ3v) is 4.11. The molecule has 0 aromatic carbocycles. The van der Waals surface area contributed by atoms with Gasteiger partial charge in [0.05, 0.1) is 5.92 Å². The van der Waals surface area contributed by atoms with Crippen LogP contribution in [0.25, 0.3) is 0 Å². The highest BCUT2D eigenvalue weighted by Gasteiger charge is 2.29. The fourth-order valence-electron chi connectivity index (χ4n) is 3.00. The Kier molecular flexibility index (Phi) is 5.83. The van der Waals surface area contributed by atoms with Crippen LogP contribution in [0.3, 0.4) is 0 Å². The summed E-state index contributed by atoms with van der Waals surface area (Å²) in [5.41, 5.74) is 0. The van der Waals surface area contributed by atoms with Gasteiger partial charge in [-0.05, 0) is 43.4 Å². The van der Waals surface area contributed by atoms with Crippen LogP contribution >= 0.6 is 0 Å². The largest absolute Gasteiger partial charge is 0.481 e. The summed E-state index contributed by atoms with van der Waals surface area (Å²) in [6.45, 7) is 6.28. The molecule has 0 saturated heterocycles. The number of aliphatic carboxylic acids is 1. The maximum absolute atomic E-state index is 11.8. The van der Waals surface area contributed by atoms with E-state index in [-0.39, 0.29) is 5.92 Å². The van der Waals surface area contributed by atoms with Crippen molar-refractivity contribution < 1.29 is 14.7 Å². The van der Waals surface area contributed by atoms with E-state index in [0.717, 1.165) is 25.7 Å². The molecule has 0 spiro atoms. The van der Waals surface area contributed by atoms with Gasteiger partial charge in [-0.1, -0.05) is 20.8 Å². The summed E-state index contributed by atoms with van der Waals surface area (Å²) in [5, 5.41) is 8.95. The molecule has 1 fully saturated rings. The van der Waals surface area contributed by atoms with E-state index in [0.29, 0.717) is 36.4 Å². The van der Waals surface area contributed by atoms with E-state index in [2.05, 4.69) is 20.8 Å². The van der Waals surface area contributed by atoms with Crippen LogP contribution in [0, 0.1) is 23.7 Å². The van der Waals surface area contributed by atoms with Crippen molar-refractivity contribution in [3.8, 4) is 0 Å². The second kappa shape index (κ2) is 6.91. The molecule has 1 atom stereocenters. The Morgan fingerprint density at radius 2 is 1.61 bits per heavy atom. The highest BCUT2D eigenvalue weighted by molar-refractivity contribution is 5.78. The maximum Gasteiger partial charge on any atom is 0.306 e. The number of carbonyl (C=O) groups excluding carboxylic acids is 1. The van der Waals surface area contributed by atoms with E-state index in [1.165, 1.54) is 0 Å². The summed E-state index contributed by atoms with van der Waals surface area (Å²) in [6.07, 6.45) is 4.83. The van der Waals surface area contributed by atoms with E-state index in [9.17, 15) is 9.59 Å². The normalized spacial score (nSPS) is 26.0. The molecule has 1 saturated carbocycles. The van der Waals surface area contributed by atoms with Gasteiger partial charge in [-0.3, -0.25) is 9.59 Å². The van der Waals surface area contributed by atoms with Crippen LogP contribution in [0.2, 0.25) is 0 Å². The summed E-state index contributed by atoms with van der Waals surface area (Å²) in [5.74, 6) is 0.935. The Labute approximate surface area is 110 Å². The van der Waals surface area contributed by atoms with Crippen molar-refractivity contribution in [2.24, 2.45) is 23.7 Å². The van der Waals surface area contributed by atoms with Crippen LogP contribution in [0.1, 0.15) is 59.3 Å². The van der Waals surface area contributed by atoms with Crippen LogP contribution in [0.4, 0.5) is 0 Å². The van der Waals surface area contributed by atoms with Gasteiger partial charge in [0.2, 0.25) is 0 Å². The zero-order valence-electron chi connectivity index (χ0n) is 11.8. The molecule has 18 heavy (non-hydrogen) atoms. The molecule has 0 aliphatic heterocycles. The molecule has 0 unspecified atom stereocenters. The van der Waals surface area contributed by atoms with Crippen molar-refractivity contribution in [3.63, 3.8) is 0 Å². The summed E-state index contributed by atoms with van der Waals surface area (Å²) in [6, 6.07) is 0. The summed E-state index contributed by atoms with van der Waals surface area (Å²) >= 11 is 0. The van der Waals surface area contributed by atoms with Gasteiger partial charge in [0.15, 0.2) is 0 Å². The minimum absolute atomic E-state index is 0.153. The third kappa shape index (κ3) is 4.79. The fraction of sp³-hybridized carbons (Fsp3) is 0.867. The van der Waals surface area contributed by atoms with Gasteiger partial charge in [-0.15, -0.1) is 0 Å². The Morgan fingerprint density at radius 3 is 2.06 bits per heavy atom. The number of rotatable bonds is 6. The highest BCUT2D eigenvalue weighted by Crippen LogP contribution is 2.35. The molecule has 1 aliphatic carbocycles. The molecular weight excluding hydrogens is 228 g/mol. The Hall–Kier alpha value is -0.860. The van der Waals surface area contributed by atoms with Crippen molar-refractivity contribution in [1.29, 1.82) is 0 Å². The van der Waals surface area contributed by atoms with Gasteiger partial charge in [0.25, 0.3) is 0 Å². The first-order valence-corrected chi connectivity index (χ1v) is 7.14. The average Bonchev–Trinajstić information content (AvgIpc) is 2.27. The second-order valence-corrected chi connectivity index (χ2v) is 6.27. The maximum atomic E-state index is 11.8. The van der Waals surface area contributed by atoms with Gasteiger partial charge in [-0.2, -0.15) is 0 Å². The quantitative estimate of drug-likeness (QED) is 0.789. The standard InChI is InChI=1S/C15H26O3/c1-10(2)8-14(16)9-11(3)12-4-6-13(7-5-12)15(17)18/h10-13H,4-9H2,1-3H3,(H,17,18)/t11-,12?,13?/m0/s1.